The lowest BCUT2D eigenvalue weighted by Crippen LogP contribution is -2.48. The van der Waals surface area contributed by atoms with Gasteiger partial charge in [-0.2, -0.15) is 5.26 Å². The zero-order valence-corrected chi connectivity index (χ0v) is 104. The quantitative estimate of drug-likeness (QED) is 0.0873. The van der Waals surface area contributed by atoms with Crippen LogP contribution < -0.4 is 14.7 Å². The minimum Gasteiger partial charge on any atom is -0.384 e. The lowest BCUT2D eigenvalue weighted by molar-refractivity contribution is -0.142. The topological polar surface area (TPSA) is 270 Å². The van der Waals surface area contributed by atoms with Gasteiger partial charge in [0.25, 0.3) is 5.91 Å². The summed E-state index contributed by atoms with van der Waals surface area (Å²) in [6.45, 7) is 104. The molecule has 24 nitrogen and oxygen atoms in total. The highest BCUT2D eigenvalue weighted by Crippen LogP contribution is 2.49. The van der Waals surface area contributed by atoms with Gasteiger partial charge in [-0.25, -0.2) is 37.6 Å². The number of nitrogens with zero attached hydrogens (tertiary/aromatic N) is 16. The van der Waals surface area contributed by atoms with Crippen molar-refractivity contribution < 1.29 is 37.5 Å². The van der Waals surface area contributed by atoms with Gasteiger partial charge >= 0.3 is 0 Å². The average Bonchev–Trinajstić information content (AvgIpc) is 1.70. The van der Waals surface area contributed by atoms with Crippen LogP contribution in [0, 0.1) is 202 Å². The fraction of sp³-hybridized carbons (Fsp3) is 0.856. The minimum absolute atomic E-state index is 0.0168. The van der Waals surface area contributed by atoms with Gasteiger partial charge < -0.3 is 44.3 Å². The standard InChI is InChI=1S/C16H24N4.2C15H25N3.C15H27NO.C14H27NO.C13H25NO2.2C13H25NO.C11H23NO2S/c1-11(2)14-6-7-20(10-16(14,4)5)15-18-9-13(8-17)12(3)19-15;1-11(2)13-6-7-18(10-15(13,4)5)14-9-16-12(3)8-17-14;1-11(2)13-6-7-18(10-15(13,4)5)14-16-8-12(3)9-17-14;1-5-12-10-16(9-6-13(12)11(2)3)14(17)15(4)7-8-15;1-6-12-9-15(14(16)11(4)5)8-7-13(12)10(2)3;1-5-11-8-14(13(16)10(4)15)7-6-12(11)9(2)3;1-5-10(3)13(15)14-8-7-11(4)12(6-2)9-14;1-5-11-9-14(13(15)6-2)8-7-12(11)10(3)4;1-5-10-8-12(15(4,13)14)7-6-11(10)9(2)3/h9,11,14H,6-7,10H2,1-5H3;2*8-9,11,13H,6-7,10H2,1-5H3;11-13H,5-10H2,1-4H3;10-13H,6-9H2,1-5H3;9-12,15H,5-8H2,1-4H3;2*10-12H,5-9H2,1-4H3;9-11H,5-8H2,1-4H3/t14-;2*13-;2*12-,13+;10-,11+,12-;10-,11+,12+;11-,12+;10-,11+/m000110011/s1. The zero-order chi connectivity index (χ0) is 113. The number of aromatic nitrogens is 6. The van der Waals surface area contributed by atoms with Crippen molar-refractivity contribution in [3.63, 3.8) is 0 Å². The number of carbonyl (C=O) groups excluding carboxylic acids is 5. The molecule has 1 saturated carbocycles. The smallest absolute Gasteiger partial charge is 0.251 e. The summed E-state index contributed by atoms with van der Waals surface area (Å²) < 4.78 is 24.5. The summed E-state index contributed by atoms with van der Waals surface area (Å²) in [6.07, 6.45) is 31.0. The Balaban J connectivity index is 0.000000297. The maximum absolute atomic E-state index is 12.3. The number of rotatable bonds is 24. The first-order valence-corrected chi connectivity index (χ1v) is 62.1. The Morgan fingerprint density at radius 1 is 0.407 bits per heavy atom. The molecule has 9 aliphatic heterocycles. The van der Waals surface area contributed by atoms with E-state index in [4.69, 9.17) is 5.26 Å². The molecule has 0 bridgehead atoms. The van der Waals surface area contributed by atoms with E-state index in [0.29, 0.717) is 106 Å². The van der Waals surface area contributed by atoms with Gasteiger partial charge in [0.05, 0.1) is 41.8 Å². The number of sulfonamides is 1. The molecule has 0 radical (unpaired) electrons. The van der Waals surface area contributed by atoms with Gasteiger partial charge in [0.1, 0.15) is 18.0 Å². The fourth-order valence-electron chi connectivity index (χ4n) is 27.1. The second-order valence-electron chi connectivity index (χ2n) is 52.9. The summed E-state index contributed by atoms with van der Waals surface area (Å²) in [4.78, 5) is 103. The number of carbonyl (C=O) groups is 5. The van der Waals surface area contributed by atoms with Gasteiger partial charge in [0.2, 0.25) is 45.5 Å². The minimum atomic E-state index is -2.98. The maximum atomic E-state index is 12.3. The van der Waals surface area contributed by atoms with Crippen LogP contribution >= 0.6 is 0 Å². The normalized spacial score (nSPS) is 26.6. The third kappa shape index (κ3) is 40.1. The van der Waals surface area contributed by atoms with E-state index >= 15 is 0 Å². The summed E-state index contributed by atoms with van der Waals surface area (Å²) in [6, 6.07) is 2.12. The molecule has 150 heavy (non-hydrogen) atoms. The van der Waals surface area contributed by atoms with Crippen molar-refractivity contribution in [2.45, 2.75) is 398 Å². The number of hydrogen-bond donors (Lipinski definition) is 1. The van der Waals surface area contributed by atoms with Crippen LogP contribution in [0.4, 0.5) is 17.7 Å². The van der Waals surface area contributed by atoms with Crippen molar-refractivity contribution in [2.24, 2.45) is 170 Å². The van der Waals surface area contributed by atoms with Gasteiger partial charge in [-0.3, -0.25) is 29.0 Å². The lowest BCUT2D eigenvalue weighted by atomic mass is 9.69. The Morgan fingerprint density at radius 2 is 0.760 bits per heavy atom. The molecule has 0 aromatic carbocycles. The zero-order valence-electron chi connectivity index (χ0n) is 103. The molecule has 10 fully saturated rings. The van der Waals surface area contributed by atoms with Crippen LogP contribution in [-0.4, -0.2) is 232 Å². The van der Waals surface area contributed by atoms with Gasteiger partial charge in [0, 0.05) is 154 Å². The largest absolute Gasteiger partial charge is 0.384 e. The molecule has 0 spiro atoms. The van der Waals surface area contributed by atoms with E-state index in [0.717, 1.165) is 274 Å². The Bertz CT molecular complexity index is 4470. The predicted octanol–water partition coefficient (Wildman–Crippen LogP) is 25.9. The average molecular weight is 2110 g/mol. The van der Waals surface area contributed by atoms with E-state index in [-0.39, 0.29) is 28.6 Å². The van der Waals surface area contributed by atoms with Crippen LogP contribution in [0.3, 0.4) is 0 Å². The molecule has 3 aromatic heterocycles. The van der Waals surface area contributed by atoms with Gasteiger partial charge in [0.15, 0.2) is 0 Å². The Hall–Kier alpha value is -6.65. The van der Waals surface area contributed by atoms with Crippen molar-refractivity contribution in [1.29, 1.82) is 5.26 Å². The summed E-state index contributed by atoms with van der Waals surface area (Å²) in [5.41, 5.74) is 4.39. The van der Waals surface area contributed by atoms with Crippen molar-refractivity contribution in [1.82, 2.24) is 58.7 Å². The molecule has 3 aromatic rings. The highest BCUT2D eigenvalue weighted by Gasteiger charge is 2.50. The third-order valence-corrected chi connectivity index (χ3v) is 38.3. The number of anilines is 3. The summed E-state index contributed by atoms with van der Waals surface area (Å²) >= 11 is 0. The number of aliphatic hydroxyl groups excluding tert-OH is 1. The first-order chi connectivity index (χ1) is 70.1. The predicted molar refractivity (Wildman–Crippen MR) is 626 cm³/mol. The number of nitriles is 1. The van der Waals surface area contributed by atoms with Crippen molar-refractivity contribution in [3.8, 4) is 6.07 Å². The molecule has 10 aliphatic rings. The molecule has 860 valence electrons. The Kier molecular flexibility index (Phi) is 55.7. The first kappa shape index (κ1) is 134. The van der Waals surface area contributed by atoms with Crippen molar-refractivity contribution >= 4 is 57.3 Å². The highest BCUT2D eigenvalue weighted by molar-refractivity contribution is 7.88. The lowest BCUT2D eigenvalue weighted by Gasteiger charge is -2.46. The van der Waals surface area contributed by atoms with Crippen LogP contribution in [0.5, 0.6) is 0 Å². The number of aliphatic hydroxyl groups is 1. The second-order valence-corrected chi connectivity index (χ2v) is 54.9. The number of hydrogen-bond acceptors (Lipinski definition) is 18. The summed E-state index contributed by atoms with van der Waals surface area (Å²) in [5.74, 6) is 21.1. The van der Waals surface area contributed by atoms with E-state index in [1.54, 1.807) is 17.4 Å². The SMILES string of the molecule is CCC(=O)N1CC[C@@H](C(C)C)[C@H](CC)C1.CC[C@@H]1CN(C(=O)C(C)C)CC[C@H]1C(C)C.CC[C@@H]1CN(C(=O)C2(C)CC2)CC[C@H]1C(C)C.CC[C@@H]1CN(C(=O)[C@@H](C)CC)CC[C@H]1C.CC[C@@H]1CN(C(=O)[C@H](C)O)CC[C@H]1C(C)C.CC[C@@H]1CN(S(C)(=O)=O)CC[C@H]1C(C)C.Cc1cnc(N2CC[C@@H](C(C)C)C(C)(C)C2)cn1.Cc1cnc(N2CC[C@@H](C(C)C)C(C)(C)C2)nc1.Cc1nc(N2CC[C@@H](C(C)C)C(C)(C)C2)ncc1C#N. The summed E-state index contributed by atoms with van der Waals surface area (Å²) in [5, 5.41) is 18.3. The number of piperidine rings is 9. The van der Waals surface area contributed by atoms with Gasteiger partial charge in [-0.05, 0) is 263 Å². The molecule has 9 saturated heterocycles. The van der Waals surface area contributed by atoms with E-state index < -0.39 is 16.1 Å². The fourth-order valence-corrected chi connectivity index (χ4v) is 28.0. The molecule has 0 unspecified atom stereocenters. The first-order valence-electron chi connectivity index (χ1n) is 60.2. The van der Waals surface area contributed by atoms with Crippen LogP contribution in [0.1, 0.15) is 394 Å². The molecule has 25 heteroatoms. The van der Waals surface area contributed by atoms with E-state index in [1.165, 1.54) is 76.9 Å². The molecule has 12 heterocycles. The van der Waals surface area contributed by atoms with Crippen LogP contribution in [0.25, 0.3) is 0 Å². The summed E-state index contributed by atoms with van der Waals surface area (Å²) in [7, 11) is -2.98. The Labute approximate surface area is 919 Å². The molecule has 1 N–H and O–H groups in total. The third-order valence-electron chi connectivity index (χ3n) is 37.1. The van der Waals surface area contributed by atoms with Gasteiger partial charge in [-0.15, -0.1) is 0 Å². The molecule has 5 amide bonds. The van der Waals surface area contributed by atoms with Crippen molar-refractivity contribution in [3.05, 3.63) is 53.5 Å². The Morgan fingerprint density at radius 3 is 1.11 bits per heavy atom. The van der Waals surface area contributed by atoms with E-state index in [2.05, 4.69) is 285 Å². The molecular weight excluding hydrogens is 1890 g/mol. The molecule has 13 rings (SSSR count). The van der Waals surface area contributed by atoms with E-state index in [1.807, 2.05) is 78.2 Å². The van der Waals surface area contributed by atoms with E-state index in [9.17, 15) is 37.5 Å². The maximum Gasteiger partial charge on any atom is 0.251 e. The van der Waals surface area contributed by atoms with Gasteiger partial charge in [-0.1, -0.05) is 281 Å². The molecular formula is C125H226N16O8S. The number of aryl methyl sites for hydroxylation is 3. The monoisotopic (exact) mass is 2110 g/mol. The van der Waals surface area contributed by atoms with Crippen molar-refractivity contribution in [2.75, 3.05) is 139 Å². The van der Waals surface area contributed by atoms with Crippen LogP contribution in [0.15, 0.2) is 31.0 Å². The number of likely N-dealkylation sites (tertiary alicyclic amines) is 5. The second kappa shape index (κ2) is 62.5. The molecule has 17 atom stereocenters. The number of amides is 5. The molecule has 1 aliphatic carbocycles. The highest BCUT2D eigenvalue weighted by atomic mass is 32.2. The van der Waals surface area contributed by atoms with Crippen LogP contribution in [0.2, 0.25) is 0 Å². The van der Waals surface area contributed by atoms with Crippen LogP contribution in [-0.2, 0) is 34.0 Å².